The first-order valence-corrected chi connectivity index (χ1v) is 8.11. The van der Waals surface area contributed by atoms with Crippen LogP contribution in [0.5, 0.6) is 0 Å². The van der Waals surface area contributed by atoms with Crippen molar-refractivity contribution in [3.63, 3.8) is 0 Å². The quantitative estimate of drug-likeness (QED) is 0.775. The molecule has 0 bridgehead atoms. The highest BCUT2D eigenvalue weighted by Gasteiger charge is 2.25. The molecule has 0 saturated heterocycles. The molecule has 5 nitrogen and oxygen atoms in total. The highest BCUT2D eigenvalue weighted by atomic mass is 32.2. The predicted molar refractivity (Wildman–Crippen MR) is 80.8 cm³/mol. The molecule has 1 aromatic heterocycles. The summed E-state index contributed by atoms with van der Waals surface area (Å²) in [5, 5.41) is 3.05. The summed E-state index contributed by atoms with van der Waals surface area (Å²) in [4.78, 5) is 0.300. The van der Waals surface area contributed by atoms with Crippen LogP contribution in [0.1, 0.15) is 32.5 Å². The van der Waals surface area contributed by atoms with Gasteiger partial charge in [-0.05, 0) is 27.0 Å². The molecule has 1 heterocycles. The van der Waals surface area contributed by atoms with E-state index < -0.39 is 10.0 Å². The van der Waals surface area contributed by atoms with Crippen molar-refractivity contribution in [2.24, 2.45) is 0 Å². The fraction of sp³-hybridized carbons (Fsp3) is 0.571. The number of hydrogen-bond acceptors (Lipinski definition) is 3. The van der Waals surface area contributed by atoms with Crippen molar-refractivity contribution in [3.05, 3.63) is 18.0 Å². The third kappa shape index (κ3) is 3.42. The summed E-state index contributed by atoms with van der Waals surface area (Å²) >= 11 is 0. The van der Waals surface area contributed by atoms with Gasteiger partial charge in [-0.1, -0.05) is 12.8 Å². The van der Waals surface area contributed by atoms with E-state index in [0.717, 1.165) is 5.69 Å². The Morgan fingerprint density at radius 1 is 1.50 bits per heavy atom. The maximum atomic E-state index is 12.5. The topological polar surface area (TPSA) is 54.3 Å². The lowest BCUT2D eigenvalue weighted by molar-refractivity contribution is 0.463. The molecule has 1 N–H and O–H groups in total. The molecule has 0 aliphatic heterocycles. The van der Waals surface area contributed by atoms with Gasteiger partial charge in [-0.2, -0.15) is 4.31 Å². The summed E-state index contributed by atoms with van der Waals surface area (Å²) in [7, 11) is -1.69. The van der Waals surface area contributed by atoms with Crippen LogP contribution in [-0.4, -0.2) is 37.4 Å². The van der Waals surface area contributed by atoms with Crippen LogP contribution in [0, 0.1) is 12.3 Å². The number of nitrogens with one attached hydrogen (secondary N) is 1. The van der Waals surface area contributed by atoms with Gasteiger partial charge in [0.25, 0.3) is 0 Å². The van der Waals surface area contributed by atoms with Crippen molar-refractivity contribution in [1.82, 2.24) is 14.2 Å². The monoisotopic (exact) mass is 297 g/mol. The minimum Gasteiger partial charge on any atom is -0.346 e. The lowest BCUT2D eigenvalue weighted by Gasteiger charge is -2.16. The molecular formula is C14H23N3O2S. The first-order valence-electron chi connectivity index (χ1n) is 6.67. The molecule has 0 unspecified atom stereocenters. The number of nitrogens with zero attached hydrogens (tertiary/aromatic N) is 2. The van der Waals surface area contributed by atoms with Gasteiger partial charge in [0, 0.05) is 31.0 Å². The second-order valence-corrected chi connectivity index (χ2v) is 6.77. The van der Waals surface area contributed by atoms with Gasteiger partial charge in [-0.25, -0.2) is 8.42 Å². The summed E-state index contributed by atoms with van der Waals surface area (Å²) in [6, 6.07) is 1.91. The van der Waals surface area contributed by atoms with E-state index in [1.807, 2.05) is 25.5 Å². The fourth-order valence-corrected chi connectivity index (χ4v) is 3.47. The van der Waals surface area contributed by atoms with Crippen molar-refractivity contribution >= 4 is 10.0 Å². The van der Waals surface area contributed by atoms with Crippen LogP contribution < -0.4 is 5.32 Å². The number of terminal acetylenes is 1. The first kappa shape index (κ1) is 16.8. The van der Waals surface area contributed by atoms with E-state index in [9.17, 15) is 8.42 Å². The molecule has 0 aromatic carbocycles. The van der Waals surface area contributed by atoms with Gasteiger partial charge in [-0.3, -0.25) is 0 Å². The van der Waals surface area contributed by atoms with E-state index in [1.54, 1.807) is 19.2 Å². The molecular weight excluding hydrogens is 274 g/mol. The van der Waals surface area contributed by atoms with E-state index in [4.69, 9.17) is 6.42 Å². The lowest BCUT2D eigenvalue weighted by atomic mass is 10.3. The molecule has 0 aliphatic rings. The van der Waals surface area contributed by atoms with Gasteiger partial charge in [0.05, 0.1) is 6.54 Å². The standard InChI is InChI=1S/C14H23N3O2S/c1-6-8-16(7-2)20(18,19)14-9-13(10-15-5)17(11-14)12(3)4/h1,9,11-12,15H,7-8,10H2,2-5H3. The minimum atomic E-state index is -3.52. The highest BCUT2D eigenvalue weighted by molar-refractivity contribution is 7.89. The maximum absolute atomic E-state index is 12.5. The van der Waals surface area contributed by atoms with Crippen LogP contribution in [0.25, 0.3) is 0 Å². The highest BCUT2D eigenvalue weighted by Crippen LogP contribution is 2.22. The molecule has 6 heteroatoms. The fourth-order valence-electron chi connectivity index (χ4n) is 2.06. The molecule has 112 valence electrons. The van der Waals surface area contributed by atoms with E-state index in [2.05, 4.69) is 11.2 Å². The zero-order valence-electron chi connectivity index (χ0n) is 12.5. The molecule has 0 atom stereocenters. The van der Waals surface area contributed by atoms with Crippen molar-refractivity contribution in [2.45, 2.75) is 38.3 Å². The van der Waals surface area contributed by atoms with E-state index in [0.29, 0.717) is 18.0 Å². The zero-order valence-corrected chi connectivity index (χ0v) is 13.4. The van der Waals surface area contributed by atoms with E-state index in [-0.39, 0.29) is 12.6 Å². The van der Waals surface area contributed by atoms with Gasteiger partial charge in [0.2, 0.25) is 10.0 Å². The van der Waals surface area contributed by atoms with Crippen LogP contribution >= 0.6 is 0 Å². The summed E-state index contributed by atoms with van der Waals surface area (Å²) in [6.45, 7) is 6.90. The number of rotatable bonds is 7. The SMILES string of the molecule is C#CCN(CC)S(=O)(=O)c1cc(CNC)n(C(C)C)c1. The van der Waals surface area contributed by atoms with Gasteiger partial charge in [0.1, 0.15) is 4.90 Å². The van der Waals surface area contributed by atoms with E-state index >= 15 is 0 Å². The minimum absolute atomic E-state index is 0.0903. The van der Waals surface area contributed by atoms with Gasteiger partial charge >= 0.3 is 0 Å². The normalized spacial score (nSPS) is 12.1. The van der Waals surface area contributed by atoms with Crippen molar-refractivity contribution in [1.29, 1.82) is 0 Å². The number of hydrogen-bond donors (Lipinski definition) is 1. The Kier molecular flexibility index (Phi) is 5.81. The second kappa shape index (κ2) is 6.93. The maximum Gasteiger partial charge on any atom is 0.245 e. The zero-order chi connectivity index (χ0) is 15.3. The molecule has 1 aromatic rings. The summed E-state index contributed by atoms with van der Waals surface area (Å²) in [5.41, 5.74) is 0.942. The van der Waals surface area contributed by atoms with Crippen molar-refractivity contribution in [3.8, 4) is 12.3 Å². The Hall–Kier alpha value is -1.29. The van der Waals surface area contributed by atoms with Crippen molar-refractivity contribution < 1.29 is 8.42 Å². The van der Waals surface area contributed by atoms with Gasteiger partial charge in [0.15, 0.2) is 0 Å². The molecule has 0 saturated carbocycles. The third-order valence-corrected chi connectivity index (χ3v) is 4.97. The average Bonchev–Trinajstić information content (AvgIpc) is 2.81. The van der Waals surface area contributed by atoms with Crippen LogP contribution in [0.15, 0.2) is 17.2 Å². The summed E-state index contributed by atoms with van der Waals surface area (Å²) < 4.78 is 28.4. The van der Waals surface area contributed by atoms with Crippen LogP contribution in [0.2, 0.25) is 0 Å². The second-order valence-electron chi connectivity index (χ2n) is 4.83. The lowest BCUT2D eigenvalue weighted by Crippen LogP contribution is -2.31. The van der Waals surface area contributed by atoms with Gasteiger partial charge in [-0.15, -0.1) is 6.42 Å². The van der Waals surface area contributed by atoms with Crippen LogP contribution in [0.4, 0.5) is 0 Å². The smallest absolute Gasteiger partial charge is 0.245 e. The molecule has 0 amide bonds. The van der Waals surface area contributed by atoms with Crippen molar-refractivity contribution in [2.75, 3.05) is 20.1 Å². The number of sulfonamides is 1. The van der Waals surface area contributed by atoms with Gasteiger partial charge < -0.3 is 9.88 Å². The predicted octanol–water partition coefficient (Wildman–Crippen LogP) is 1.43. The first-order chi connectivity index (χ1) is 9.38. The van der Waals surface area contributed by atoms with Crippen LogP contribution in [0.3, 0.4) is 0 Å². The largest absolute Gasteiger partial charge is 0.346 e. The summed E-state index contributed by atoms with van der Waals surface area (Å²) in [6.07, 6.45) is 6.93. The molecule has 1 rings (SSSR count). The molecule has 0 fully saturated rings. The Morgan fingerprint density at radius 3 is 2.60 bits per heavy atom. The Labute approximate surface area is 122 Å². The van der Waals surface area contributed by atoms with E-state index in [1.165, 1.54) is 4.31 Å². The molecule has 0 spiro atoms. The Morgan fingerprint density at radius 2 is 2.15 bits per heavy atom. The molecule has 0 radical (unpaired) electrons. The summed E-state index contributed by atoms with van der Waals surface area (Å²) in [5.74, 6) is 2.39. The number of aromatic nitrogens is 1. The van der Waals surface area contributed by atoms with Crippen LogP contribution in [-0.2, 0) is 16.6 Å². The average molecular weight is 297 g/mol. The Bertz CT molecular complexity index is 582. The molecule has 0 aliphatic carbocycles. The Balaban J connectivity index is 3.25. The third-order valence-electron chi connectivity index (χ3n) is 3.08. The molecule has 20 heavy (non-hydrogen) atoms.